The number of nitrogens with two attached hydrogens (primary N) is 1. The average molecular weight is 311 g/mol. The van der Waals surface area contributed by atoms with Crippen molar-refractivity contribution in [2.45, 2.75) is 13.3 Å². The second kappa shape index (κ2) is 6.75. The van der Waals surface area contributed by atoms with E-state index in [0.29, 0.717) is 23.8 Å². The van der Waals surface area contributed by atoms with Gasteiger partial charge in [-0.25, -0.2) is 0 Å². The van der Waals surface area contributed by atoms with Crippen molar-refractivity contribution in [2.75, 3.05) is 25.0 Å². The van der Waals surface area contributed by atoms with Gasteiger partial charge in [0.15, 0.2) is 5.82 Å². The van der Waals surface area contributed by atoms with Gasteiger partial charge in [0.1, 0.15) is 0 Å². The van der Waals surface area contributed by atoms with Crippen molar-refractivity contribution < 1.29 is 4.79 Å². The molecule has 0 spiro atoms. The monoisotopic (exact) mass is 311 g/mol. The van der Waals surface area contributed by atoms with Gasteiger partial charge in [0.25, 0.3) is 5.91 Å². The lowest BCUT2D eigenvalue weighted by Gasteiger charge is -2.17. The zero-order valence-electron chi connectivity index (χ0n) is 13.2. The van der Waals surface area contributed by atoms with Gasteiger partial charge in [0.2, 0.25) is 0 Å². The molecule has 2 heterocycles. The number of hydrogen-bond acceptors (Lipinski definition) is 5. The third-order valence-corrected chi connectivity index (χ3v) is 4.09. The van der Waals surface area contributed by atoms with Gasteiger partial charge in [-0.3, -0.25) is 4.79 Å². The van der Waals surface area contributed by atoms with E-state index in [0.717, 1.165) is 30.9 Å². The molecule has 3 rings (SSSR count). The summed E-state index contributed by atoms with van der Waals surface area (Å²) in [5.74, 6) is 1.13. The van der Waals surface area contributed by atoms with Crippen molar-refractivity contribution in [1.82, 2.24) is 15.1 Å². The summed E-state index contributed by atoms with van der Waals surface area (Å²) in [6.07, 6.45) is 0.985. The molecular weight excluding hydrogens is 290 g/mol. The van der Waals surface area contributed by atoms with Gasteiger partial charge in [0.05, 0.1) is 5.69 Å². The third kappa shape index (κ3) is 3.65. The summed E-state index contributed by atoms with van der Waals surface area (Å²) in [4.78, 5) is 14.5. The zero-order chi connectivity index (χ0) is 16.2. The van der Waals surface area contributed by atoms with Gasteiger partial charge in [0, 0.05) is 24.3 Å². The van der Waals surface area contributed by atoms with Crippen LogP contribution in [0.3, 0.4) is 0 Å². The van der Waals surface area contributed by atoms with E-state index < -0.39 is 0 Å². The fourth-order valence-electron chi connectivity index (χ4n) is 2.74. The standard InChI is InChI=1S/C17H21N5O/c1-12-5-6-16(21-20-12)19-15-4-2-3-14(9-15)17(23)22-8-7-13(10-18)11-22/h2-6,9,13H,7-8,10-11,18H2,1H3,(H,19,21)/t13-/m1/s1. The van der Waals surface area contributed by atoms with Crippen LogP contribution in [-0.2, 0) is 0 Å². The van der Waals surface area contributed by atoms with Gasteiger partial charge in [-0.2, -0.15) is 5.10 Å². The van der Waals surface area contributed by atoms with E-state index in [2.05, 4.69) is 15.5 Å². The molecule has 1 fully saturated rings. The minimum Gasteiger partial charge on any atom is -0.339 e. The first-order chi connectivity index (χ1) is 11.2. The maximum absolute atomic E-state index is 12.6. The molecule has 1 amide bonds. The van der Waals surface area contributed by atoms with Gasteiger partial charge in [-0.15, -0.1) is 5.10 Å². The molecule has 0 radical (unpaired) electrons. The molecule has 1 atom stereocenters. The molecule has 2 aromatic rings. The van der Waals surface area contributed by atoms with Gasteiger partial charge >= 0.3 is 0 Å². The smallest absolute Gasteiger partial charge is 0.253 e. The van der Waals surface area contributed by atoms with E-state index in [-0.39, 0.29) is 5.91 Å². The minimum absolute atomic E-state index is 0.0552. The van der Waals surface area contributed by atoms with E-state index in [1.807, 2.05) is 48.2 Å². The molecule has 120 valence electrons. The van der Waals surface area contributed by atoms with Crippen molar-refractivity contribution in [2.24, 2.45) is 11.7 Å². The first-order valence-electron chi connectivity index (χ1n) is 7.82. The van der Waals surface area contributed by atoms with Crippen LogP contribution in [0.1, 0.15) is 22.5 Å². The number of nitrogens with one attached hydrogen (secondary N) is 1. The molecule has 0 saturated carbocycles. The van der Waals surface area contributed by atoms with Crippen molar-refractivity contribution in [3.63, 3.8) is 0 Å². The largest absolute Gasteiger partial charge is 0.339 e. The predicted molar refractivity (Wildman–Crippen MR) is 89.6 cm³/mol. The molecule has 0 bridgehead atoms. The molecule has 0 unspecified atom stereocenters. The Morgan fingerprint density at radius 3 is 2.91 bits per heavy atom. The van der Waals surface area contributed by atoms with E-state index in [1.165, 1.54) is 0 Å². The number of aryl methyl sites for hydroxylation is 1. The van der Waals surface area contributed by atoms with Crippen molar-refractivity contribution >= 4 is 17.4 Å². The number of nitrogens with zero attached hydrogens (tertiary/aromatic N) is 3. The maximum Gasteiger partial charge on any atom is 0.253 e. The Labute approximate surface area is 135 Å². The van der Waals surface area contributed by atoms with Crippen LogP contribution in [0.2, 0.25) is 0 Å². The molecule has 0 aliphatic carbocycles. The molecule has 6 heteroatoms. The summed E-state index contributed by atoms with van der Waals surface area (Å²) in [5.41, 5.74) is 8.06. The van der Waals surface area contributed by atoms with Gasteiger partial charge in [-0.1, -0.05) is 6.07 Å². The Hall–Kier alpha value is -2.47. The number of rotatable bonds is 4. The summed E-state index contributed by atoms with van der Waals surface area (Å²) in [6, 6.07) is 11.2. The second-order valence-corrected chi connectivity index (χ2v) is 5.91. The van der Waals surface area contributed by atoms with E-state index >= 15 is 0 Å². The maximum atomic E-state index is 12.6. The Balaban J connectivity index is 1.72. The molecule has 6 nitrogen and oxygen atoms in total. The Morgan fingerprint density at radius 2 is 2.22 bits per heavy atom. The normalized spacial score (nSPS) is 17.3. The SMILES string of the molecule is Cc1ccc(Nc2cccc(C(=O)N3CC[C@H](CN)C3)c2)nn1. The molecule has 1 aromatic heterocycles. The number of benzene rings is 1. The zero-order valence-corrected chi connectivity index (χ0v) is 13.2. The van der Waals surface area contributed by atoms with Gasteiger partial charge in [-0.05, 0) is 56.1 Å². The van der Waals surface area contributed by atoms with Crippen molar-refractivity contribution in [3.05, 3.63) is 47.7 Å². The Morgan fingerprint density at radius 1 is 1.35 bits per heavy atom. The lowest BCUT2D eigenvalue weighted by Crippen LogP contribution is -2.29. The summed E-state index contributed by atoms with van der Waals surface area (Å²) in [5, 5.41) is 11.3. The molecule has 1 aliphatic heterocycles. The van der Waals surface area contributed by atoms with Crippen LogP contribution in [-0.4, -0.2) is 40.6 Å². The summed E-state index contributed by atoms with van der Waals surface area (Å²) >= 11 is 0. The fourth-order valence-corrected chi connectivity index (χ4v) is 2.74. The van der Waals surface area contributed by atoms with Crippen LogP contribution in [0.25, 0.3) is 0 Å². The number of aromatic nitrogens is 2. The van der Waals surface area contributed by atoms with Crippen molar-refractivity contribution in [1.29, 1.82) is 0 Å². The second-order valence-electron chi connectivity index (χ2n) is 5.91. The number of carbonyl (C=O) groups is 1. The lowest BCUT2D eigenvalue weighted by molar-refractivity contribution is 0.0787. The van der Waals surface area contributed by atoms with Crippen LogP contribution < -0.4 is 11.1 Å². The average Bonchev–Trinajstić information content (AvgIpc) is 3.06. The number of hydrogen-bond donors (Lipinski definition) is 2. The highest BCUT2D eigenvalue weighted by atomic mass is 16.2. The van der Waals surface area contributed by atoms with Crippen molar-refractivity contribution in [3.8, 4) is 0 Å². The predicted octanol–water partition coefficient (Wildman–Crippen LogP) is 1.95. The van der Waals surface area contributed by atoms with E-state index in [9.17, 15) is 4.79 Å². The van der Waals surface area contributed by atoms with Crippen LogP contribution in [0, 0.1) is 12.8 Å². The summed E-state index contributed by atoms with van der Waals surface area (Å²) < 4.78 is 0. The topological polar surface area (TPSA) is 84.1 Å². The number of amides is 1. The van der Waals surface area contributed by atoms with Crippen LogP contribution >= 0.6 is 0 Å². The third-order valence-electron chi connectivity index (χ3n) is 4.09. The molecule has 1 aliphatic rings. The van der Waals surface area contributed by atoms with Crippen LogP contribution in [0.15, 0.2) is 36.4 Å². The van der Waals surface area contributed by atoms with Gasteiger partial charge < -0.3 is 16.0 Å². The van der Waals surface area contributed by atoms with Crippen LogP contribution in [0.5, 0.6) is 0 Å². The molecule has 3 N–H and O–H groups in total. The fraction of sp³-hybridized carbons (Fsp3) is 0.353. The molecule has 1 aromatic carbocycles. The molecular formula is C17H21N5O. The van der Waals surface area contributed by atoms with Crippen LogP contribution in [0.4, 0.5) is 11.5 Å². The number of carbonyl (C=O) groups excluding carboxylic acids is 1. The lowest BCUT2D eigenvalue weighted by atomic mass is 10.1. The summed E-state index contributed by atoms with van der Waals surface area (Å²) in [7, 11) is 0. The highest BCUT2D eigenvalue weighted by molar-refractivity contribution is 5.95. The number of likely N-dealkylation sites (tertiary alicyclic amines) is 1. The summed E-state index contributed by atoms with van der Waals surface area (Å²) in [6.45, 7) is 4.05. The Bertz CT molecular complexity index is 686. The molecule has 23 heavy (non-hydrogen) atoms. The first kappa shape index (κ1) is 15.4. The van der Waals surface area contributed by atoms with E-state index in [4.69, 9.17) is 5.73 Å². The minimum atomic E-state index is 0.0552. The quantitative estimate of drug-likeness (QED) is 0.901. The highest BCUT2D eigenvalue weighted by Crippen LogP contribution is 2.20. The highest BCUT2D eigenvalue weighted by Gasteiger charge is 2.26. The molecule has 1 saturated heterocycles. The first-order valence-corrected chi connectivity index (χ1v) is 7.82. The number of anilines is 2. The van der Waals surface area contributed by atoms with E-state index in [1.54, 1.807) is 0 Å². The Kier molecular flexibility index (Phi) is 4.52.